The van der Waals surface area contributed by atoms with Crippen molar-refractivity contribution in [1.29, 1.82) is 0 Å². The summed E-state index contributed by atoms with van der Waals surface area (Å²) in [6.07, 6.45) is 3.15. The average Bonchev–Trinajstić information content (AvgIpc) is 2.76. The third-order valence-corrected chi connectivity index (χ3v) is 4.33. The standard InChI is InChI=1S/C16H28N4O4/c1-5-6-9-24-20-11-7-8-12(19(10-11)15(20)23)13(21)17-18-14(22)16(2,3)4/h11-12H,5-10H2,1-4H3,(H,17,21)(H,18,22)/t11-,12-/m0/s1. The minimum atomic E-state index is -0.599. The first-order valence-electron chi connectivity index (χ1n) is 8.58. The summed E-state index contributed by atoms with van der Waals surface area (Å²) >= 11 is 0. The van der Waals surface area contributed by atoms with Gasteiger partial charge in [0.15, 0.2) is 0 Å². The highest BCUT2D eigenvalue weighted by Crippen LogP contribution is 2.30. The molecule has 2 N–H and O–H groups in total. The van der Waals surface area contributed by atoms with E-state index in [1.54, 1.807) is 20.8 Å². The van der Waals surface area contributed by atoms with Gasteiger partial charge < -0.3 is 4.90 Å². The topological polar surface area (TPSA) is 91.0 Å². The number of amides is 4. The van der Waals surface area contributed by atoms with Gasteiger partial charge in [-0.25, -0.2) is 4.79 Å². The van der Waals surface area contributed by atoms with E-state index in [4.69, 9.17) is 4.84 Å². The zero-order valence-corrected chi connectivity index (χ0v) is 14.9. The molecule has 0 spiro atoms. The molecule has 2 saturated heterocycles. The Bertz CT molecular complexity index is 503. The largest absolute Gasteiger partial charge is 0.345 e. The lowest BCUT2D eigenvalue weighted by molar-refractivity contribution is -0.135. The monoisotopic (exact) mass is 340 g/mol. The Labute approximate surface area is 142 Å². The van der Waals surface area contributed by atoms with Crippen molar-refractivity contribution in [3.63, 3.8) is 0 Å². The first-order chi connectivity index (χ1) is 11.3. The maximum absolute atomic E-state index is 12.5. The molecule has 8 heteroatoms. The van der Waals surface area contributed by atoms with Gasteiger partial charge in [0.25, 0.3) is 5.91 Å². The van der Waals surface area contributed by atoms with Crippen molar-refractivity contribution in [2.24, 2.45) is 5.41 Å². The smallest absolute Gasteiger partial charge is 0.309 e. The van der Waals surface area contributed by atoms with Gasteiger partial charge in [-0.15, -0.1) is 0 Å². The number of hydrogen-bond donors (Lipinski definition) is 2. The molecule has 0 unspecified atom stereocenters. The number of hydroxylamine groups is 2. The molecular formula is C16H28N4O4. The predicted octanol–water partition coefficient (Wildman–Crippen LogP) is 1.18. The second-order valence-electron chi connectivity index (χ2n) is 7.39. The van der Waals surface area contributed by atoms with Gasteiger partial charge in [-0.05, 0) is 19.3 Å². The van der Waals surface area contributed by atoms with Crippen LogP contribution in [0.5, 0.6) is 0 Å². The summed E-state index contributed by atoms with van der Waals surface area (Å²) < 4.78 is 0. The molecule has 2 bridgehead atoms. The minimum absolute atomic E-state index is 0.00238. The second-order valence-corrected chi connectivity index (χ2v) is 7.39. The van der Waals surface area contributed by atoms with Gasteiger partial charge in [0.05, 0.1) is 12.6 Å². The lowest BCUT2D eigenvalue weighted by atomic mass is 9.96. The molecule has 2 atom stereocenters. The van der Waals surface area contributed by atoms with Crippen LogP contribution in [0.3, 0.4) is 0 Å². The number of nitrogens with zero attached hydrogens (tertiary/aromatic N) is 2. The van der Waals surface area contributed by atoms with Gasteiger partial charge in [-0.2, -0.15) is 5.06 Å². The summed E-state index contributed by atoms with van der Waals surface area (Å²) in [6.45, 7) is 8.32. The van der Waals surface area contributed by atoms with Crippen molar-refractivity contribution in [2.75, 3.05) is 13.2 Å². The number of unbranched alkanes of at least 4 members (excludes halogenated alkanes) is 1. The second kappa shape index (κ2) is 7.38. The molecule has 0 aromatic heterocycles. The van der Waals surface area contributed by atoms with Crippen LogP contribution in [0.1, 0.15) is 53.4 Å². The number of urea groups is 1. The van der Waals surface area contributed by atoms with E-state index in [1.165, 1.54) is 9.96 Å². The Hall–Kier alpha value is -1.83. The van der Waals surface area contributed by atoms with Crippen LogP contribution in [0, 0.1) is 5.41 Å². The normalized spacial score (nSPS) is 23.4. The molecule has 2 rings (SSSR count). The Morgan fingerprint density at radius 2 is 1.96 bits per heavy atom. The maximum atomic E-state index is 12.5. The lowest BCUT2D eigenvalue weighted by Gasteiger charge is -2.29. The van der Waals surface area contributed by atoms with Crippen molar-refractivity contribution >= 4 is 17.8 Å². The molecule has 2 heterocycles. The number of rotatable bonds is 5. The lowest BCUT2D eigenvalue weighted by Crippen LogP contribution is -2.55. The highest BCUT2D eigenvalue weighted by Gasteiger charge is 2.47. The number of hydrazine groups is 1. The zero-order valence-electron chi connectivity index (χ0n) is 14.9. The van der Waals surface area contributed by atoms with E-state index in [9.17, 15) is 14.4 Å². The van der Waals surface area contributed by atoms with Gasteiger partial charge in [0, 0.05) is 12.0 Å². The third kappa shape index (κ3) is 3.98. The maximum Gasteiger partial charge on any atom is 0.345 e. The summed E-state index contributed by atoms with van der Waals surface area (Å²) in [6, 6.07) is -0.840. The van der Waals surface area contributed by atoms with Crippen molar-refractivity contribution in [1.82, 2.24) is 20.8 Å². The van der Waals surface area contributed by atoms with Crippen LogP contribution in [0.15, 0.2) is 0 Å². The number of nitrogens with one attached hydrogen (secondary N) is 2. The summed E-state index contributed by atoms with van der Waals surface area (Å²) in [4.78, 5) is 43.8. The van der Waals surface area contributed by atoms with Gasteiger partial charge in [-0.3, -0.25) is 25.3 Å². The molecule has 8 nitrogen and oxygen atoms in total. The fraction of sp³-hybridized carbons (Fsp3) is 0.812. The Morgan fingerprint density at radius 1 is 1.25 bits per heavy atom. The van der Waals surface area contributed by atoms with Gasteiger partial charge in [-0.1, -0.05) is 34.1 Å². The molecule has 2 fully saturated rings. The first kappa shape index (κ1) is 18.5. The molecular weight excluding hydrogens is 312 g/mol. The zero-order chi connectivity index (χ0) is 17.9. The van der Waals surface area contributed by atoms with E-state index in [2.05, 4.69) is 17.8 Å². The Balaban J connectivity index is 1.91. The summed E-state index contributed by atoms with van der Waals surface area (Å²) in [7, 11) is 0. The van der Waals surface area contributed by atoms with E-state index in [0.717, 1.165) is 12.8 Å². The number of piperidine rings is 1. The molecule has 0 radical (unpaired) electrons. The van der Waals surface area contributed by atoms with E-state index in [0.29, 0.717) is 26.0 Å². The molecule has 2 aliphatic heterocycles. The van der Waals surface area contributed by atoms with Crippen molar-refractivity contribution in [2.45, 2.75) is 65.5 Å². The van der Waals surface area contributed by atoms with Gasteiger partial charge >= 0.3 is 6.03 Å². The van der Waals surface area contributed by atoms with Crippen molar-refractivity contribution < 1.29 is 19.2 Å². The average molecular weight is 340 g/mol. The Morgan fingerprint density at radius 3 is 2.58 bits per heavy atom. The van der Waals surface area contributed by atoms with Crippen LogP contribution in [0.4, 0.5) is 4.79 Å². The molecule has 2 aliphatic rings. The van der Waals surface area contributed by atoms with E-state index >= 15 is 0 Å². The van der Waals surface area contributed by atoms with Crippen molar-refractivity contribution in [3.05, 3.63) is 0 Å². The number of carbonyl (C=O) groups is 3. The summed E-state index contributed by atoms with van der Waals surface area (Å²) in [5, 5.41) is 1.41. The SMILES string of the molecule is CCCCON1C(=O)N2C[C@@H]1CC[C@H]2C(=O)NNC(=O)C(C)(C)C. The summed E-state index contributed by atoms with van der Waals surface area (Å²) in [5.74, 6) is -0.642. The molecule has 0 saturated carbocycles. The van der Waals surface area contributed by atoms with Crippen LogP contribution in [-0.2, 0) is 14.4 Å². The quantitative estimate of drug-likeness (QED) is 0.581. The third-order valence-electron chi connectivity index (χ3n) is 4.33. The highest BCUT2D eigenvalue weighted by molar-refractivity contribution is 5.90. The minimum Gasteiger partial charge on any atom is -0.309 e. The fourth-order valence-electron chi connectivity index (χ4n) is 2.77. The van der Waals surface area contributed by atoms with Crippen LogP contribution in [0.25, 0.3) is 0 Å². The molecule has 0 aromatic carbocycles. The molecule has 0 aliphatic carbocycles. The van der Waals surface area contributed by atoms with Gasteiger partial charge in [0.1, 0.15) is 6.04 Å². The number of hydrogen-bond acceptors (Lipinski definition) is 4. The molecule has 0 aromatic rings. The van der Waals surface area contributed by atoms with Crippen molar-refractivity contribution in [3.8, 4) is 0 Å². The number of fused-ring (bicyclic) bond motifs is 2. The number of carbonyl (C=O) groups excluding carboxylic acids is 3. The first-order valence-corrected chi connectivity index (χ1v) is 8.58. The Kier molecular flexibility index (Phi) is 5.69. The van der Waals surface area contributed by atoms with E-state index in [-0.39, 0.29) is 23.9 Å². The predicted molar refractivity (Wildman–Crippen MR) is 87.4 cm³/mol. The van der Waals surface area contributed by atoms with Crippen LogP contribution >= 0.6 is 0 Å². The highest BCUT2D eigenvalue weighted by atomic mass is 16.7. The summed E-state index contributed by atoms with van der Waals surface area (Å²) in [5.41, 5.74) is 4.26. The fourth-order valence-corrected chi connectivity index (χ4v) is 2.77. The molecule has 24 heavy (non-hydrogen) atoms. The van der Waals surface area contributed by atoms with Crippen LogP contribution in [-0.4, -0.2) is 53.0 Å². The van der Waals surface area contributed by atoms with Gasteiger partial charge in [0.2, 0.25) is 5.91 Å². The van der Waals surface area contributed by atoms with Crippen LogP contribution < -0.4 is 10.9 Å². The van der Waals surface area contributed by atoms with Crippen LogP contribution in [0.2, 0.25) is 0 Å². The molecule has 136 valence electrons. The molecule has 4 amide bonds. The van der Waals surface area contributed by atoms with E-state index in [1.807, 2.05) is 0 Å². The van der Waals surface area contributed by atoms with E-state index < -0.39 is 11.5 Å².